The Hall–Kier alpha value is 0.907. The van der Waals surface area contributed by atoms with Crippen LogP contribution < -0.4 is 0 Å². The SMILES string of the molecule is CCCCCCCCCCC(CI)O[Si](C)(C)C. The minimum absolute atomic E-state index is 0.511. The van der Waals surface area contributed by atoms with E-state index in [0.717, 1.165) is 4.43 Å². The molecule has 0 aliphatic rings. The molecule has 0 aliphatic carbocycles. The van der Waals surface area contributed by atoms with Crippen LogP contribution >= 0.6 is 22.6 Å². The van der Waals surface area contributed by atoms with Crippen molar-refractivity contribution in [3.05, 3.63) is 0 Å². The summed E-state index contributed by atoms with van der Waals surface area (Å²) in [7, 11) is -1.34. The first-order chi connectivity index (χ1) is 8.49. The second kappa shape index (κ2) is 11.7. The molecule has 0 fully saturated rings. The molecule has 0 aromatic heterocycles. The zero-order valence-corrected chi connectivity index (χ0v) is 16.1. The van der Waals surface area contributed by atoms with Crippen LogP contribution in [0, 0.1) is 0 Å². The van der Waals surface area contributed by atoms with Crippen molar-refractivity contribution in [1.82, 2.24) is 0 Å². The van der Waals surface area contributed by atoms with Crippen molar-refractivity contribution in [1.29, 1.82) is 0 Å². The highest BCUT2D eigenvalue weighted by Gasteiger charge is 2.19. The van der Waals surface area contributed by atoms with Crippen LogP contribution in [0.1, 0.15) is 64.7 Å². The van der Waals surface area contributed by atoms with E-state index < -0.39 is 8.32 Å². The third-order valence-corrected chi connectivity index (χ3v) is 5.09. The lowest BCUT2D eigenvalue weighted by Gasteiger charge is -2.25. The highest BCUT2D eigenvalue weighted by Crippen LogP contribution is 2.16. The van der Waals surface area contributed by atoms with E-state index in [4.69, 9.17) is 4.43 Å². The average Bonchev–Trinajstić information content (AvgIpc) is 2.29. The van der Waals surface area contributed by atoms with Crippen molar-refractivity contribution in [3.63, 3.8) is 0 Å². The number of unbranched alkanes of at least 4 members (excludes halogenated alkanes) is 7. The molecular formula is C15H33IOSi. The predicted octanol–water partition coefficient (Wildman–Crippen LogP) is 6.17. The van der Waals surface area contributed by atoms with Crippen LogP contribution in [0.15, 0.2) is 0 Å². The van der Waals surface area contributed by atoms with E-state index in [2.05, 4.69) is 49.2 Å². The fraction of sp³-hybridized carbons (Fsp3) is 1.00. The molecule has 0 saturated heterocycles. The van der Waals surface area contributed by atoms with Crippen molar-refractivity contribution in [3.8, 4) is 0 Å². The van der Waals surface area contributed by atoms with Crippen molar-refractivity contribution in [2.45, 2.75) is 90.5 Å². The summed E-state index contributed by atoms with van der Waals surface area (Å²) in [5.74, 6) is 0. The van der Waals surface area contributed by atoms with Gasteiger partial charge in [0.1, 0.15) is 0 Å². The largest absolute Gasteiger partial charge is 0.414 e. The van der Waals surface area contributed by atoms with Gasteiger partial charge in [0.2, 0.25) is 0 Å². The van der Waals surface area contributed by atoms with E-state index in [1.807, 2.05) is 0 Å². The van der Waals surface area contributed by atoms with E-state index in [0.29, 0.717) is 6.10 Å². The normalized spacial score (nSPS) is 13.8. The van der Waals surface area contributed by atoms with E-state index in [1.54, 1.807) is 0 Å². The Labute approximate surface area is 130 Å². The molecule has 1 unspecified atom stereocenters. The van der Waals surface area contributed by atoms with Crippen LogP contribution in [0.2, 0.25) is 19.6 Å². The molecule has 0 aromatic rings. The second-order valence-corrected chi connectivity index (χ2v) is 11.6. The van der Waals surface area contributed by atoms with Gasteiger partial charge in [-0.05, 0) is 26.1 Å². The molecule has 110 valence electrons. The maximum absolute atomic E-state index is 6.18. The molecule has 0 rings (SSSR count). The fourth-order valence-corrected chi connectivity index (χ4v) is 4.33. The summed E-state index contributed by atoms with van der Waals surface area (Å²) in [4.78, 5) is 0. The second-order valence-electron chi connectivity index (χ2n) is 6.27. The van der Waals surface area contributed by atoms with Gasteiger partial charge in [0.25, 0.3) is 0 Å². The lowest BCUT2D eigenvalue weighted by atomic mass is 10.1. The fourth-order valence-electron chi connectivity index (χ4n) is 2.17. The molecule has 0 bridgehead atoms. The van der Waals surface area contributed by atoms with Crippen LogP contribution in [-0.4, -0.2) is 18.8 Å². The Bertz CT molecular complexity index is 180. The number of halogens is 1. The highest BCUT2D eigenvalue weighted by atomic mass is 127. The molecule has 0 radical (unpaired) electrons. The van der Waals surface area contributed by atoms with Gasteiger partial charge in [-0.25, -0.2) is 0 Å². The standard InChI is InChI=1S/C15H33IOSi/c1-5-6-7-8-9-10-11-12-13-15(14-16)17-18(2,3)4/h15H,5-14H2,1-4H3. The maximum atomic E-state index is 6.18. The van der Waals surface area contributed by atoms with Gasteiger partial charge in [-0.15, -0.1) is 0 Å². The Morgan fingerprint density at radius 3 is 1.83 bits per heavy atom. The molecule has 0 aromatic carbocycles. The van der Waals surface area contributed by atoms with Gasteiger partial charge in [-0.3, -0.25) is 0 Å². The lowest BCUT2D eigenvalue weighted by molar-refractivity contribution is 0.206. The summed E-state index contributed by atoms with van der Waals surface area (Å²) >= 11 is 2.47. The van der Waals surface area contributed by atoms with Gasteiger partial charge in [0.15, 0.2) is 8.32 Å². The van der Waals surface area contributed by atoms with E-state index in [1.165, 1.54) is 57.8 Å². The molecule has 1 atom stereocenters. The van der Waals surface area contributed by atoms with Gasteiger partial charge in [0, 0.05) is 4.43 Å². The summed E-state index contributed by atoms with van der Waals surface area (Å²) in [6.07, 6.45) is 13.0. The zero-order valence-electron chi connectivity index (χ0n) is 12.9. The molecule has 0 amide bonds. The number of hydrogen-bond donors (Lipinski definition) is 0. The summed E-state index contributed by atoms with van der Waals surface area (Å²) in [5.41, 5.74) is 0. The third kappa shape index (κ3) is 13.3. The topological polar surface area (TPSA) is 9.23 Å². The summed E-state index contributed by atoms with van der Waals surface area (Å²) in [6, 6.07) is 0. The summed E-state index contributed by atoms with van der Waals surface area (Å²) in [6.45, 7) is 9.16. The molecule has 0 spiro atoms. The number of rotatable bonds is 12. The Kier molecular flexibility index (Phi) is 12.3. The van der Waals surface area contributed by atoms with Crippen LogP contribution in [0.25, 0.3) is 0 Å². The highest BCUT2D eigenvalue weighted by molar-refractivity contribution is 14.1. The third-order valence-electron chi connectivity index (χ3n) is 3.07. The summed E-state index contributed by atoms with van der Waals surface area (Å²) < 4.78 is 7.33. The monoisotopic (exact) mass is 384 g/mol. The molecule has 1 nitrogen and oxygen atoms in total. The van der Waals surface area contributed by atoms with Crippen LogP contribution in [0.4, 0.5) is 0 Å². The first-order valence-electron chi connectivity index (χ1n) is 7.73. The minimum Gasteiger partial charge on any atom is -0.414 e. The van der Waals surface area contributed by atoms with E-state index in [-0.39, 0.29) is 0 Å². The van der Waals surface area contributed by atoms with Crippen LogP contribution in [0.3, 0.4) is 0 Å². The van der Waals surface area contributed by atoms with Crippen molar-refractivity contribution in [2.75, 3.05) is 4.43 Å². The van der Waals surface area contributed by atoms with Crippen LogP contribution in [0.5, 0.6) is 0 Å². The molecule has 0 N–H and O–H groups in total. The first kappa shape index (κ1) is 18.9. The van der Waals surface area contributed by atoms with Crippen molar-refractivity contribution >= 4 is 30.9 Å². The lowest BCUT2D eigenvalue weighted by Crippen LogP contribution is -2.32. The van der Waals surface area contributed by atoms with Crippen LogP contribution in [-0.2, 0) is 4.43 Å². The maximum Gasteiger partial charge on any atom is 0.184 e. The number of alkyl halides is 1. The van der Waals surface area contributed by atoms with Gasteiger partial charge < -0.3 is 4.43 Å². The zero-order chi connectivity index (χ0) is 13.9. The van der Waals surface area contributed by atoms with Crippen molar-refractivity contribution < 1.29 is 4.43 Å². The average molecular weight is 384 g/mol. The van der Waals surface area contributed by atoms with Gasteiger partial charge in [-0.2, -0.15) is 0 Å². The van der Waals surface area contributed by atoms with E-state index in [9.17, 15) is 0 Å². The summed E-state index contributed by atoms with van der Waals surface area (Å²) in [5, 5.41) is 0. The first-order valence-corrected chi connectivity index (χ1v) is 12.7. The Balaban J connectivity index is 3.40. The predicted molar refractivity (Wildman–Crippen MR) is 94.3 cm³/mol. The van der Waals surface area contributed by atoms with E-state index >= 15 is 0 Å². The molecular weight excluding hydrogens is 351 g/mol. The molecule has 3 heteroatoms. The molecule has 18 heavy (non-hydrogen) atoms. The van der Waals surface area contributed by atoms with Gasteiger partial charge in [-0.1, -0.05) is 80.9 Å². The van der Waals surface area contributed by atoms with Gasteiger partial charge in [0.05, 0.1) is 6.10 Å². The smallest absolute Gasteiger partial charge is 0.184 e. The molecule has 0 heterocycles. The minimum atomic E-state index is -1.34. The van der Waals surface area contributed by atoms with Gasteiger partial charge >= 0.3 is 0 Å². The quantitative estimate of drug-likeness (QED) is 0.169. The Morgan fingerprint density at radius 1 is 0.889 bits per heavy atom. The van der Waals surface area contributed by atoms with Crippen molar-refractivity contribution in [2.24, 2.45) is 0 Å². The Morgan fingerprint density at radius 2 is 1.39 bits per heavy atom. The molecule has 0 saturated carbocycles. The number of hydrogen-bond acceptors (Lipinski definition) is 1. The molecule has 0 aliphatic heterocycles.